The Bertz CT molecular complexity index is 716. The van der Waals surface area contributed by atoms with E-state index >= 15 is 0 Å². The molecule has 1 amide bonds. The average molecular weight is 330 g/mol. The number of aryl methyl sites for hydroxylation is 1. The monoisotopic (exact) mass is 330 g/mol. The second-order valence-corrected chi connectivity index (χ2v) is 5.68. The lowest BCUT2D eigenvalue weighted by Gasteiger charge is -2.32. The van der Waals surface area contributed by atoms with E-state index in [1.807, 2.05) is 0 Å². The van der Waals surface area contributed by atoms with Crippen LogP contribution in [0.4, 0.5) is 0 Å². The van der Waals surface area contributed by atoms with Crippen molar-refractivity contribution in [1.82, 2.24) is 20.0 Å². The maximum Gasteiger partial charge on any atom is 0.326 e. The van der Waals surface area contributed by atoms with Crippen LogP contribution in [0.1, 0.15) is 31.6 Å². The Morgan fingerprint density at radius 1 is 1.29 bits per heavy atom. The van der Waals surface area contributed by atoms with Gasteiger partial charge in [-0.2, -0.15) is 4.98 Å². The molecule has 24 heavy (non-hydrogen) atoms. The van der Waals surface area contributed by atoms with Crippen LogP contribution in [0.25, 0.3) is 11.4 Å². The van der Waals surface area contributed by atoms with Gasteiger partial charge in [0.2, 0.25) is 17.6 Å². The third-order valence-corrected chi connectivity index (χ3v) is 4.07. The van der Waals surface area contributed by atoms with Crippen LogP contribution in [-0.2, 0) is 16.0 Å². The maximum absolute atomic E-state index is 12.3. The molecule has 2 aromatic rings. The van der Waals surface area contributed by atoms with Crippen LogP contribution in [0.5, 0.6) is 0 Å². The van der Waals surface area contributed by atoms with Crippen molar-refractivity contribution in [2.24, 2.45) is 0 Å². The van der Waals surface area contributed by atoms with E-state index in [-0.39, 0.29) is 12.3 Å². The number of hydrogen-bond donors (Lipinski definition) is 1. The quantitative estimate of drug-likeness (QED) is 0.885. The van der Waals surface area contributed by atoms with Gasteiger partial charge in [0.1, 0.15) is 6.04 Å². The Morgan fingerprint density at radius 3 is 2.83 bits per heavy atom. The highest BCUT2D eigenvalue weighted by Crippen LogP contribution is 2.19. The number of aromatic nitrogens is 3. The van der Waals surface area contributed by atoms with E-state index in [2.05, 4.69) is 15.1 Å². The van der Waals surface area contributed by atoms with Gasteiger partial charge in [-0.1, -0.05) is 5.16 Å². The summed E-state index contributed by atoms with van der Waals surface area (Å²) in [5.41, 5.74) is 0.785. The van der Waals surface area contributed by atoms with Crippen LogP contribution in [0.3, 0.4) is 0 Å². The molecule has 0 spiro atoms. The lowest BCUT2D eigenvalue weighted by molar-refractivity contribution is -0.152. The molecule has 1 atom stereocenters. The third-order valence-electron chi connectivity index (χ3n) is 4.07. The van der Waals surface area contributed by atoms with Crippen LogP contribution >= 0.6 is 0 Å². The second kappa shape index (κ2) is 7.20. The number of pyridine rings is 1. The first-order valence-corrected chi connectivity index (χ1v) is 7.90. The second-order valence-electron chi connectivity index (χ2n) is 5.68. The molecule has 8 heteroatoms. The first-order valence-electron chi connectivity index (χ1n) is 7.90. The van der Waals surface area contributed by atoms with Crippen LogP contribution in [0.2, 0.25) is 0 Å². The Morgan fingerprint density at radius 2 is 2.08 bits per heavy atom. The van der Waals surface area contributed by atoms with Gasteiger partial charge in [-0.05, 0) is 31.4 Å². The van der Waals surface area contributed by atoms with Gasteiger partial charge in [0, 0.05) is 37.3 Å². The van der Waals surface area contributed by atoms with E-state index in [9.17, 15) is 14.7 Å². The molecule has 0 bridgehead atoms. The molecule has 3 rings (SSSR count). The molecule has 1 saturated heterocycles. The Hall–Kier alpha value is -2.77. The summed E-state index contributed by atoms with van der Waals surface area (Å²) >= 11 is 0. The molecule has 0 aliphatic carbocycles. The first kappa shape index (κ1) is 16.1. The maximum atomic E-state index is 12.3. The number of amides is 1. The van der Waals surface area contributed by atoms with Crippen LogP contribution in [0.15, 0.2) is 29.0 Å². The summed E-state index contributed by atoms with van der Waals surface area (Å²) in [7, 11) is 0. The molecule has 0 saturated carbocycles. The minimum Gasteiger partial charge on any atom is -0.480 e. The summed E-state index contributed by atoms with van der Waals surface area (Å²) in [6.45, 7) is 0.488. The minimum atomic E-state index is -0.944. The zero-order valence-corrected chi connectivity index (χ0v) is 13.1. The summed E-state index contributed by atoms with van der Waals surface area (Å²) in [6, 6.07) is 2.82. The van der Waals surface area contributed by atoms with E-state index in [1.54, 1.807) is 24.5 Å². The number of piperidine rings is 1. The number of carboxylic acids is 1. The van der Waals surface area contributed by atoms with Crippen molar-refractivity contribution in [3.05, 3.63) is 30.4 Å². The molecule has 1 aliphatic rings. The summed E-state index contributed by atoms with van der Waals surface area (Å²) < 4.78 is 5.16. The zero-order chi connectivity index (χ0) is 16.9. The number of likely N-dealkylation sites (tertiary alicyclic amines) is 1. The molecule has 2 aromatic heterocycles. The molecule has 1 aliphatic heterocycles. The highest BCUT2D eigenvalue weighted by atomic mass is 16.5. The number of nitrogens with zero attached hydrogens (tertiary/aromatic N) is 4. The number of carbonyl (C=O) groups is 2. The lowest BCUT2D eigenvalue weighted by atomic mass is 10.0. The molecule has 0 aromatic carbocycles. The van der Waals surface area contributed by atoms with Crippen molar-refractivity contribution < 1.29 is 19.2 Å². The van der Waals surface area contributed by atoms with Crippen molar-refractivity contribution in [2.75, 3.05) is 6.54 Å². The lowest BCUT2D eigenvalue weighted by Crippen LogP contribution is -2.48. The number of rotatable bonds is 5. The fraction of sp³-hybridized carbons (Fsp3) is 0.438. The average Bonchev–Trinajstić information content (AvgIpc) is 3.09. The van der Waals surface area contributed by atoms with Gasteiger partial charge in [-0.15, -0.1) is 0 Å². The summed E-state index contributed by atoms with van der Waals surface area (Å²) in [6.07, 6.45) is 5.89. The van der Waals surface area contributed by atoms with Crippen LogP contribution in [0, 0.1) is 0 Å². The van der Waals surface area contributed by atoms with Gasteiger partial charge in [-0.25, -0.2) is 4.79 Å². The Kier molecular flexibility index (Phi) is 4.83. The van der Waals surface area contributed by atoms with Gasteiger partial charge in [0.15, 0.2) is 0 Å². The van der Waals surface area contributed by atoms with Gasteiger partial charge in [0.25, 0.3) is 0 Å². The van der Waals surface area contributed by atoms with Crippen molar-refractivity contribution >= 4 is 11.9 Å². The molecular weight excluding hydrogens is 312 g/mol. The Balaban J connectivity index is 1.60. The summed E-state index contributed by atoms with van der Waals surface area (Å²) in [5, 5.41) is 13.1. The van der Waals surface area contributed by atoms with Crippen molar-refractivity contribution in [2.45, 2.75) is 38.1 Å². The SMILES string of the molecule is O=C(O)C1CCCCN1C(=O)CCc1nc(-c2ccncc2)no1. The van der Waals surface area contributed by atoms with Crippen LogP contribution < -0.4 is 0 Å². The van der Waals surface area contributed by atoms with E-state index in [1.165, 1.54) is 4.90 Å². The number of carboxylic acid groups (broad SMARTS) is 1. The number of carbonyl (C=O) groups excluding carboxylic acids is 1. The van der Waals surface area contributed by atoms with Gasteiger partial charge in [0.05, 0.1) is 0 Å². The predicted octanol–water partition coefficient (Wildman–Crippen LogP) is 1.53. The topological polar surface area (TPSA) is 109 Å². The van der Waals surface area contributed by atoms with Crippen molar-refractivity contribution in [3.63, 3.8) is 0 Å². The van der Waals surface area contributed by atoms with E-state index in [0.29, 0.717) is 31.1 Å². The molecule has 0 radical (unpaired) electrons. The molecule has 1 N–H and O–H groups in total. The van der Waals surface area contributed by atoms with E-state index in [0.717, 1.165) is 18.4 Å². The fourth-order valence-corrected chi connectivity index (χ4v) is 2.82. The highest BCUT2D eigenvalue weighted by molar-refractivity contribution is 5.83. The van der Waals surface area contributed by atoms with Gasteiger partial charge < -0.3 is 14.5 Å². The summed E-state index contributed by atoms with van der Waals surface area (Å²) in [4.78, 5) is 33.2. The largest absolute Gasteiger partial charge is 0.480 e. The minimum absolute atomic E-state index is 0.155. The molecule has 1 unspecified atom stereocenters. The molecule has 126 valence electrons. The normalized spacial score (nSPS) is 17.7. The highest BCUT2D eigenvalue weighted by Gasteiger charge is 2.31. The molecule has 1 fully saturated rings. The first-order chi connectivity index (χ1) is 11.6. The number of aliphatic carboxylic acids is 1. The number of hydrogen-bond acceptors (Lipinski definition) is 6. The van der Waals surface area contributed by atoms with E-state index in [4.69, 9.17) is 4.52 Å². The third kappa shape index (κ3) is 3.58. The molecular formula is C16H18N4O4. The Labute approximate surface area is 138 Å². The van der Waals surface area contributed by atoms with Crippen molar-refractivity contribution in [3.8, 4) is 11.4 Å². The van der Waals surface area contributed by atoms with Crippen molar-refractivity contribution in [1.29, 1.82) is 0 Å². The zero-order valence-electron chi connectivity index (χ0n) is 13.1. The summed E-state index contributed by atoms with van der Waals surface area (Å²) in [5.74, 6) is -0.327. The fourth-order valence-electron chi connectivity index (χ4n) is 2.82. The molecule has 3 heterocycles. The predicted molar refractivity (Wildman–Crippen MR) is 82.8 cm³/mol. The molecule has 8 nitrogen and oxygen atoms in total. The standard InChI is InChI=1S/C16H18N4O4/c21-14(20-10-2-1-3-12(20)16(22)23)5-4-13-18-15(19-24-13)11-6-8-17-9-7-11/h6-9,12H,1-5,10H2,(H,22,23). The van der Waals surface area contributed by atoms with Gasteiger partial charge >= 0.3 is 5.97 Å². The van der Waals surface area contributed by atoms with Crippen LogP contribution in [-0.4, -0.2) is 49.6 Å². The van der Waals surface area contributed by atoms with E-state index < -0.39 is 12.0 Å². The smallest absolute Gasteiger partial charge is 0.326 e. The van der Waals surface area contributed by atoms with Gasteiger partial charge in [-0.3, -0.25) is 9.78 Å².